The highest BCUT2D eigenvalue weighted by Gasteiger charge is 2.10. The molecule has 2 aromatic heterocycles. The molecule has 5 nitrogen and oxygen atoms in total. The first kappa shape index (κ1) is 11.3. The van der Waals surface area contributed by atoms with E-state index in [0.29, 0.717) is 22.1 Å². The highest BCUT2D eigenvalue weighted by Crippen LogP contribution is 2.13. The Labute approximate surface area is 103 Å². The molecule has 6 heteroatoms. The van der Waals surface area contributed by atoms with Gasteiger partial charge in [-0.05, 0) is 18.2 Å². The van der Waals surface area contributed by atoms with E-state index in [9.17, 15) is 4.79 Å². The molecule has 0 aliphatic rings. The number of nitrogen functional groups attached to an aromatic ring is 1. The highest BCUT2D eigenvalue weighted by molar-refractivity contribution is 6.30. The largest absolute Gasteiger partial charge is 0.398 e. The van der Waals surface area contributed by atoms with Crippen LogP contribution in [-0.2, 0) is 0 Å². The maximum absolute atomic E-state index is 11.8. The van der Waals surface area contributed by atoms with Crippen molar-refractivity contribution in [2.45, 2.75) is 0 Å². The summed E-state index contributed by atoms with van der Waals surface area (Å²) in [5.74, 6) is 0.0491. The van der Waals surface area contributed by atoms with Crippen molar-refractivity contribution in [3.63, 3.8) is 0 Å². The molecule has 0 saturated heterocycles. The van der Waals surface area contributed by atoms with E-state index in [0.717, 1.165) is 0 Å². The van der Waals surface area contributed by atoms with Gasteiger partial charge < -0.3 is 11.1 Å². The summed E-state index contributed by atoms with van der Waals surface area (Å²) in [5.41, 5.74) is 6.33. The van der Waals surface area contributed by atoms with Gasteiger partial charge in [0, 0.05) is 24.3 Å². The Morgan fingerprint density at radius 1 is 1.29 bits per heavy atom. The minimum Gasteiger partial charge on any atom is -0.398 e. The van der Waals surface area contributed by atoms with E-state index < -0.39 is 0 Å². The summed E-state index contributed by atoms with van der Waals surface area (Å²) in [4.78, 5) is 19.6. The van der Waals surface area contributed by atoms with Crippen molar-refractivity contribution < 1.29 is 4.79 Å². The zero-order valence-corrected chi connectivity index (χ0v) is 9.48. The molecule has 0 atom stereocenters. The first-order valence-electron chi connectivity index (χ1n) is 4.79. The van der Waals surface area contributed by atoms with Gasteiger partial charge in [0.25, 0.3) is 5.91 Å². The Hall–Kier alpha value is -2.14. The van der Waals surface area contributed by atoms with Gasteiger partial charge in [-0.2, -0.15) is 0 Å². The van der Waals surface area contributed by atoms with Crippen LogP contribution in [-0.4, -0.2) is 15.9 Å². The molecule has 0 aliphatic carbocycles. The first-order chi connectivity index (χ1) is 8.16. The van der Waals surface area contributed by atoms with Crippen LogP contribution in [0.1, 0.15) is 10.4 Å². The van der Waals surface area contributed by atoms with Crippen molar-refractivity contribution in [3.8, 4) is 0 Å². The fourth-order valence-corrected chi connectivity index (χ4v) is 1.34. The molecule has 2 rings (SSSR count). The molecule has 0 radical (unpaired) electrons. The van der Waals surface area contributed by atoms with Crippen LogP contribution >= 0.6 is 11.6 Å². The Kier molecular flexibility index (Phi) is 3.20. The molecule has 1 amide bonds. The van der Waals surface area contributed by atoms with Crippen LogP contribution in [0, 0.1) is 0 Å². The number of aromatic nitrogens is 2. The van der Waals surface area contributed by atoms with E-state index in [1.165, 1.54) is 18.6 Å². The Balaban J connectivity index is 2.17. The van der Waals surface area contributed by atoms with Gasteiger partial charge >= 0.3 is 0 Å². The molecule has 0 fully saturated rings. The number of nitrogens with zero attached hydrogens (tertiary/aromatic N) is 2. The molecule has 0 spiro atoms. The van der Waals surface area contributed by atoms with Crippen LogP contribution in [0.4, 0.5) is 11.5 Å². The van der Waals surface area contributed by atoms with Gasteiger partial charge in [0.1, 0.15) is 5.82 Å². The SMILES string of the molecule is Nc1ccncc1C(=O)Nc1ccc(Cl)cn1. The van der Waals surface area contributed by atoms with Crippen molar-refractivity contribution in [3.05, 3.63) is 47.4 Å². The minimum atomic E-state index is -0.356. The second-order valence-electron chi connectivity index (χ2n) is 3.28. The number of nitrogens with one attached hydrogen (secondary N) is 1. The summed E-state index contributed by atoms with van der Waals surface area (Å²) < 4.78 is 0. The van der Waals surface area contributed by atoms with Crippen LogP contribution in [0.2, 0.25) is 5.02 Å². The molecular formula is C11H9ClN4O. The molecule has 17 heavy (non-hydrogen) atoms. The van der Waals surface area contributed by atoms with E-state index >= 15 is 0 Å². The topological polar surface area (TPSA) is 80.9 Å². The summed E-state index contributed by atoms with van der Waals surface area (Å²) in [6, 6.07) is 4.80. The Morgan fingerprint density at radius 3 is 2.76 bits per heavy atom. The number of nitrogens with two attached hydrogens (primary N) is 1. The molecule has 0 aliphatic heterocycles. The molecule has 2 heterocycles. The lowest BCUT2D eigenvalue weighted by molar-refractivity contribution is 0.102. The van der Waals surface area contributed by atoms with Crippen LogP contribution < -0.4 is 11.1 Å². The fraction of sp³-hybridized carbons (Fsp3) is 0. The molecule has 0 aromatic carbocycles. The van der Waals surface area contributed by atoms with Crippen molar-refractivity contribution in [1.82, 2.24) is 9.97 Å². The van der Waals surface area contributed by atoms with Gasteiger partial charge in [-0.3, -0.25) is 9.78 Å². The average molecular weight is 249 g/mol. The number of pyridine rings is 2. The number of hydrogen-bond donors (Lipinski definition) is 2. The standard InChI is InChI=1S/C11H9ClN4O/c12-7-1-2-10(15-5-7)16-11(17)8-6-14-4-3-9(8)13/h1-6H,(H2,13,14)(H,15,16,17). The van der Waals surface area contributed by atoms with E-state index in [-0.39, 0.29) is 5.91 Å². The third-order valence-corrected chi connectivity index (χ3v) is 2.29. The quantitative estimate of drug-likeness (QED) is 0.851. The summed E-state index contributed by atoms with van der Waals surface area (Å²) >= 11 is 5.69. The number of halogens is 1. The maximum Gasteiger partial charge on any atom is 0.260 e. The van der Waals surface area contributed by atoms with Crippen LogP contribution in [0.3, 0.4) is 0 Å². The van der Waals surface area contributed by atoms with Crippen molar-refractivity contribution >= 4 is 29.0 Å². The number of hydrogen-bond acceptors (Lipinski definition) is 4. The predicted octanol–water partition coefficient (Wildman–Crippen LogP) is 1.96. The van der Waals surface area contributed by atoms with E-state index in [2.05, 4.69) is 15.3 Å². The lowest BCUT2D eigenvalue weighted by Gasteiger charge is -2.05. The number of rotatable bonds is 2. The lowest BCUT2D eigenvalue weighted by atomic mass is 10.2. The first-order valence-corrected chi connectivity index (χ1v) is 5.17. The Morgan fingerprint density at radius 2 is 2.12 bits per heavy atom. The molecular weight excluding hydrogens is 240 g/mol. The zero-order chi connectivity index (χ0) is 12.3. The second kappa shape index (κ2) is 4.80. The number of amides is 1. The smallest absolute Gasteiger partial charge is 0.260 e. The van der Waals surface area contributed by atoms with Gasteiger partial charge in [-0.25, -0.2) is 4.98 Å². The summed E-state index contributed by atoms with van der Waals surface area (Å²) in [6.07, 6.45) is 4.37. The lowest BCUT2D eigenvalue weighted by Crippen LogP contribution is -2.15. The highest BCUT2D eigenvalue weighted by atomic mass is 35.5. The van der Waals surface area contributed by atoms with Crippen LogP contribution in [0.5, 0.6) is 0 Å². The zero-order valence-electron chi connectivity index (χ0n) is 8.72. The van der Waals surface area contributed by atoms with Crippen molar-refractivity contribution in [2.75, 3.05) is 11.1 Å². The normalized spacial score (nSPS) is 9.94. The number of anilines is 2. The molecule has 2 aromatic rings. The predicted molar refractivity (Wildman–Crippen MR) is 65.8 cm³/mol. The van der Waals surface area contributed by atoms with Gasteiger partial charge in [0.15, 0.2) is 0 Å². The van der Waals surface area contributed by atoms with Crippen molar-refractivity contribution in [1.29, 1.82) is 0 Å². The summed E-state index contributed by atoms with van der Waals surface area (Å²) in [6.45, 7) is 0. The third-order valence-electron chi connectivity index (χ3n) is 2.07. The molecule has 0 bridgehead atoms. The van der Waals surface area contributed by atoms with Crippen LogP contribution in [0.25, 0.3) is 0 Å². The average Bonchev–Trinajstić information content (AvgIpc) is 2.32. The van der Waals surface area contributed by atoms with Crippen molar-refractivity contribution in [2.24, 2.45) is 0 Å². The minimum absolute atomic E-state index is 0.309. The number of carbonyl (C=O) groups excluding carboxylic acids is 1. The van der Waals surface area contributed by atoms with Gasteiger partial charge in [-0.1, -0.05) is 11.6 Å². The van der Waals surface area contributed by atoms with E-state index in [1.54, 1.807) is 18.2 Å². The Bertz CT molecular complexity index is 541. The second-order valence-corrected chi connectivity index (χ2v) is 3.72. The number of carbonyl (C=O) groups is 1. The van der Waals surface area contributed by atoms with E-state index in [1.807, 2.05) is 0 Å². The molecule has 3 N–H and O–H groups in total. The van der Waals surface area contributed by atoms with E-state index in [4.69, 9.17) is 17.3 Å². The summed E-state index contributed by atoms with van der Waals surface area (Å²) in [5, 5.41) is 3.10. The molecule has 86 valence electrons. The molecule has 0 unspecified atom stereocenters. The van der Waals surface area contributed by atoms with Gasteiger partial charge in [0.05, 0.1) is 10.6 Å². The third kappa shape index (κ3) is 2.70. The molecule has 0 saturated carbocycles. The fourth-order valence-electron chi connectivity index (χ4n) is 1.23. The van der Waals surface area contributed by atoms with Gasteiger partial charge in [0.2, 0.25) is 0 Å². The summed E-state index contributed by atoms with van der Waals surface area (Å²) in [7, 11) is 0. The van der Waals surface area contributed by atoms with Gasteiger partial charge in [-0.15, -0.1) is 0 Å². The monoisotopic (exact) mass is 248 g/mol. The maximum atomic E-state index is 11.8. The van der Waals surface area contributed by atoms with Crippen LogP contribution in [0.15, 0.2) is 36.8 Å².